The van der Waals surface area contributed by atoms with Gasteiger partial charge >= 0.3 is 0 Å². The molecule has 0 radical (unpaired) electrons. The van der Waals surface area contributed by atoms with E-state index in [-0.39, 0.29) is 17.7 Å². The van der Waals surface area contributed by atoms with Gasteiger partial charge in [0.1, 0.15) is 0 Å². The normalized spacial score (nSPS) is 22.3. The Labute approximate surface area is 124 Å². The van der Waals surface area contributed by atoms with E-state index in [0.717, 1.165) is 12.2 Å². The van der Waals surface area contributed by atoms with Crippen LogP contribution in [0.1, 0.15) is 24.8 Å². The molecule has 2 saturated heterocycles. The maximum atomic E-state index is 12.0. The maximum absolute atomic E-state index is 12.0. The summed E-state index contributed by atoms with van der Waals surface area (Å²) < 4.78 is 0. The number of amides is 2. The predicted molar refractivity (Wildman–Crippen MR) is 80.7 cm³/mol. The Morgan fingerprint density at radius 1 is 1.24 bits per heavy atom. The van der Waals surface area contributed by atoms with E-state index in [2.05, 4.69) is 27.7 Å². The molecule has 2 amide bonds. The van der Waals surface area contributed by atoms with Crippen LogP contribution in [-0.2, 0) is 16.1 Å². The molecule has 0 aromatic heterocycles. The summed E-state index contributed by atoms with van der Waals surface area (Å²) in [6.45, 7) is 3.79. The molecule has 1 aromatic rings. The van der Waals surface area contributed by atoms with Crippen LogP contribution in [0.25, 0.3) is 0 Å². The fourth-order valence-corrected chi connectivity index (χ4v) is 2.93. The first-order valence-electron chi connectivity index (χ1n) is 7.59. The predicted octanol–water partition coefficient (Wildman–Crippen LogP) is 1.36. The SMILES string of the molecule is O=C1CC(C(=O)Nc2ccc(CN3CCCC3)cc2)CN1. The first kappa shape index (κ1) is 14.1. The molecule has 112 valence electrons. The number of hydrogen-bond acceptors (Lipinski definition) is 3. The van der Waals surface area contributed by atoms with Crippen LogP contribution >= 0.6 is 0 Å². The van der Waals surface area contributed by atoms with Crippen molar-refractivity contribution in [2.45, 2.75) is 25.8 Å². The number of anilines is 1. The van der Waals surface area contributed by atoms with Crippen LogP contribution in [0.5, 0.6) is 0 Å². The zero-order valence-corrected chi connectivity index (χ0v) is 12.1. The second-order valence-corrected chi connectivity index (χ2v) is 5.87. The number of carbonyl (C=O) groups is 2. The van der Waals surface area contributed by atoms with Crippen molar-refractivity contribution >= 4 is 17.5 Å². The molecule has 2 aliphatic rings. The number of nitrogens with one attached hydrogen (secondary N) is 2. The molecule has 2 heterocycles. The minimum absolute atomic E-state index is 0.0453. The standard InChI is InChI=1S/C16H21N3O2/c20-15-9-13(10-17-15)16(21)18-14-5-3-12(4-6-14)11-19-7-1-2-8-19/h3-6,13H,1-2,7-11H2,(H,17,20)(H,18,21). The van der Waals surface area contributed by atoms with E-state index in [1.54, 1.807) is 0 Å². The van der Waals surface area contributed by atoms with Gasteiger partial charge in [0.05, 0.1) is 5.92 Å². The number of nitrogens with zero attached hydrogens (tertiary/aromatic N) is 1. The molecular weight excluding hydrogens is 266 g/mol. The van der Waals surface area contributed by atoms with E-state index in [1.807, 2.05) is 12.1 Å². The molecule has 21 heavy (non-hydrogen) atoms. The van der Waals surface area contributed by atoms with Gasteiger partial charge in [-0.25, -0.2) is 0 Å². The van der Waals surface area contributed by atoms with Crippen molar-refractivity contribution in [3.63, 3.8) is 0 Å². The van der Waals surface area contributed by atoms with E-state index in [4.69, 9.17) is 0 Å². The highest BCUT2D eigenvalue weighted by molar-refractivity contribution is 5.97. The van der Waals surface area contributed by atoms with Crippen molar-refractivity contribution < 1.29 is 9.59 Å². The molecule has 3 rings (SSSR count). The van der Waals surface area contributed by atoms with E-state index < -0.39 is 0 Å². The molecule has 5 nitrogen and oxygen atoms in total. The van der Waals surface area contributed by atoms with Gasteiger partial charge in [0, 0.05) is 25.2 Å². The molecule has 2 fully saturated rings. The smallest absolute Gasteiger partial charge is 0.229 e. The first-order chi connectivity index (χ1) is 10.2. The summed E-state index contributed by atoms with van der Waals surface area (Å²) in [6, 6.07) is 8.00. The number of rotatable bonds is 4. The highest BCUT2D eigenvalue weighted by Crippen LogP contribution is 2.17. The number of likely N-dealkylation sites (tertiary alicyclic amines) is 1. The van der Waals surface area contributed by atoms with Gasteiger partial charge in [-0.3, -0.25) is 14.5 Å². The van der Waals surface area contributed by atoms with Crippen LogP contribution in [0, 0.1) is 5.92 Å². The monoisotopic (exact) mass is 287 g/mol. The van der Waals surface area contributed by atoms with Gasteiger partial charge in [-0.2, -0.15) is 0 Å². The first-order valence-corrected chi connectivity index (χ1v) is 7.59. The molecule has 0 spiro atoms. The summed E-state index contributed by atoms with van der Waals surface area (Å²) in [6.07, 6.45) is 2.88. The lowest BCUT2D eigenvalue weighted by molar-refractivity contribution is -0.123. The van der Waals surface area contributed by atoms with Crippen molar-refractivity contribution in [1.29, 1.82) is 0 Å². The average molecular weight is 287 g/mol. The molecule has 5 heteroatoms. The second kappa shape index (κ2) is 6.26. The Morgan fingerprint density at radius 2 is 1.95 bits per heavy atom. The Morgan fingerprint density at radius 3 is 2.57 bits per heavy atom. The molecule has 1 unspecified atom stereocenters. The van der Waals surface area contributed by atoms with Gasteiger partial charge in [0.15, 0.2) is 0 Å². The average Bonchev–Trinajstić information content (AvgIpc) is 3.12. The number of benzene rings is 1. The third-order valence-corrected chi connectivity index (χ3v) is 4.17. The fraction of sp³-hybridized carbons (Fsp3) is 0.500. The van der Waals surface area contributed by atoms with E-state index in [0.29, 0.717) is 13.0 Å². The molecule has 2 aliphatic heterocycles. The maximum Gasteiger partial charge on any atom is 0.229 e. The summed E-state index contributed by atoms with van der Waals surface area (Å²) in [5.41, 5.74) is 2.07. The van der Waals surface area contributed by atoms with Gasteiger partial charge in [0.2, 0.25) is 11.8 Å². The van der Waals surface area contributed by atoms with Crippen molar-refractivity contribution in [3.05, 3.63) is 29.8 Å². The topological polar surface area (TPSA) is 61.4 Å². The van der Waals surface area contributed by atoms with Crippen molar-refractivity contribution in [2.24, 2.45) is 5.92 Å². The van der Waals surface area contributed by atoms with Gasteiger partial charge in [0.25, 0.3) is 0 Å². The zero-order valence-electron chi connectivity index (χ0n) is 12.1. The van der Waals surface area contributed by atoms with Crippen molar-refractivity contribution in [1.82, 2.24) is 10.2 Å². The van der Waals surface area contributed by atoms with Crippen LogP contribution in [0.4, 0.5) is 5.69 Å². The molecule has 0 aliphatic carbocycles. The number of carbonyl (C=O) groups excluding carboxylic acids is 2. The van der Waals surface area contributed by atoms with Crippen LogP contribution in [-0.4, -0.2) is 36.3 Å². The third-order valence-electron chi connectivity index (χ3n) is 4.17. The summed E-state index contributed by atoms with van der Waals surface area (Å²) in [7, 11) is 0. The lowest BCUT2D eigenvalue weighted by atomic mass is 10.1. The Hall–Kier alpha value is -1.88. The Bertz CT molecular complexity index is 521. The van der Waals surface area contributed by atoms with Gasteiger partial charge in [-0.05, 0) is 43.6 Å². The molecule has 1 aromatic carbocycles. The van der Waals surface area contributed by atoms with Crippen molar-refractivity contribution in [2.75, 3.05) is 25.0 Å². The largest absolute Gasteiger partial charge is 0.355 e. The highest BCUT2D eigenvalue weighted by Gasteiger charge is 2.27. The summed E-state index contributed by atoms with van der Waals surface area (Å²) >= 11 is 0. The molecule has 2 N–H and O–H groups in total. The summed E-state index contributed by atoms with van der Waals surface area (Å²) in [5.74, 6) is -0.376. The second-order valence-electron chi connectivity index (χ2n) is 5.87. The highest BCUT2D eigenvalue weighted by atomic mass is 16.2. The van der Waals surface area contributed by atoms with Crippen LogP contribution in [0.3, 0.4) is 0 Å². The van der Waals surface area contributed by atoms with Crippen LogP contribution in [0.15, 0.2) is 24.3 Å². The summed E-state index contributed by atoms with van der Waals surface area (Å²) in [5, 5.41) is 5.56. The van der Waals surface area contributed by atoms with Gasteiger partial charge in [-0.1, -0.05) is 12.1 Å². The third kappa shape index (κ3) is 3.61. The fourth-order valence-electron chi connectivity index (χ4n) is 2.93. The Balaban J connectivity index is 1.54. The van der Waals surface area contributed by atoms with Crippen LogP contribution < -0.4 is 10.6 Å². The van der Waals surface area contributed by atoms with Crippen LogP contribution in [0.2, 0.25) is 0 Å². The quantitative estimate of drug-likeness (QED) is 0.879. The van der Waals surface area contributed by atoms with E-state index in [1.165, 1.54) is 31.5 Å². The lowest BCUT2D eigenvalue weighted by Crippen LogP contribution is -2.24. The van der Waals surface area contributed by atoms with E-state index in [9.17, 15) is 9.59 Å². The molecule has 0 bridgehead atoms. The van der Waals surface area contributed by atoms with Crippen molar-refractivity contribution in [3.8, 4) is 0 Å². The number of hydrogen-bond donors (Lipinski definition) is 2. The lowest BCUT2D eigenvalue weighted by Gasteiger charge is -2.15. The minimum Gasteiger partial charge on any atom is -0.355 e. The Kier molecular flexibility index (Phi) is 4.20. The van der Waals surface area contributed by atoms with Gasteiger partial charge in [-0.15, -0.1) is 0 Å². The van der Waals surface area contributed by atoms with E-state index >= 15 is 0 Å². The molecule has 1 atom stereocenters. The van der Waals surface area contributed by atoms with Gasteiger partial charge < -0.3 is 10.6 Å². The summed E-state index contributed by atoms with van der Waals surface area (Å²) in [4.78, 5) is 25.6. The molecular formula is C16H21N3O2. The zero-order chi connectivity index (χ0) is 14.7. The molecule has 0 saturated carbocycles. The minimum atomic E-state index is -0.248.